The van der Waals surface area contributed by atoms with Crippen LogP contribution in [0.4, 0.5) is 0 Å². The Bertz CT molecular complexity index is 3220. The monoisotopic (exact) mass is 1600 g/mol. The highest BCUT2D eigenvalue weighted by Crippen LogP contribution is 2.27. The molecule has 5 unspecified atom stereocenters. The second-order valence-corrected chi connectivity index (χ2v) is 35.0. The summed E-state index contributed by atoms with van der Waals surface area (Å²) in [4.78, 5) is 37.6. The first kappa shape index (κ1) is 107. The van der Waals surface area contributed by atoms with Crippen molar-refractivity contribution >= 4 is 0 Å². The third-order valence-electron chi connectivity index (χ3n) is 19.9. The molecule has 0 radical (unpaired) electrons. The van der Waals surface area contributed by atoms with Crippen LogP contribution >= 0.6 is 0 Å². The molecule has 9 rings (SSSR count). The topological polar surface area (TPSA) is 298 Å². The van der Waals surface area contributed by atoms with Gasteiger partial charge >= 0.3 is 0 Å². The molecule has 0 spiro atoms. The summed E-state index contributed by atoms with van der Waals surface area (Å²) in [7, 11) is 0. The fraction of sp³-hybridized carbons (Fsp3) is 0.554. The predicted octanol–water partition coefficient (Wildman–Crippen LogP) is 21.4. The van der Waals surface area contributed by atoms with E-state index in [-0.39, 0.29) is 18.1 Å². The molecule has 16 nitrogen and oxygen atoms in total. The number of nitrogens with zero attached hydrogens (tertiary/aromatic N) is 9. The Kier molecular flexibility index (Phi) is 61.2. The van der Waals surface area contributed by atoms with Crippen molar-refractivity contribution < 1.29 is 0 Å². The van der Waals surface area contributed by atoms with Gasteiger partial charge in [0.2, 0.25) is 0 Å². The van der Waals surface area contributed by atoms with E-state index < -0.39 is 0 Å². The van der Waals surface area contributed by atoms with E-state index in [4.69, 9.17) is 40.1 Å². The molecule has 0 aromatic carbocycles. The first-order chi connectivity index (χ1) is 55.8. The van der Waals surface area contributed by atoms with E-state index in [1.165, 1.54) is 64.9 Å². The van der Waals surface area contributed by atoms with Crippen molar-refractivity contribution in [3.8, 4) is 0 Å². The molecule has 9 atom stereocenters. The standard InChI is InChI=1S/2C12H19N.7C11H18N2/c2*1-4-11(9-10(2)3)12-7-5-6-8-13-12;1-9(2)11(12)4-3-10-5-7-13-8-6-10;1-9(2)11(12)6-5-10-4-3-7-13-8-10;3*1-9(2)6-11(12)7-10-4-3-5-13-8-10;1-9(2)11(12)7-6-10-5-3-4-8-13-10;1-9(2)7-10(8-12)11-5-3-4-6-13-11/h2*5-8,10-11H,4,9H2,1-3H3;5-9,11H,3-4,12H2,1-2H3;3-4,7-9,11H,5-6,12H2,1-2H3;4*3-5,8-9,11H,6-7,12H2,1-2H3;3-6,9-10H,7-8,12H2,1-2H3/t11-;;;;2*11-;;;10-/m1...10..1/s1. The van der Waals surface area contributed by atoms with Gasteiger partial charge in [-0.15, -0.1) is 0 Å². The Morgan fingerprint density at radius 2 is 0.556 bits per heavy atom. The third-order valence-corrected chi connectivity index (χ3v) is 19.9. The molecular formula is C101H164N16. The number of nitrogens with two attached hydrogens (primary N) is 7. The largest absolute Gasteiger partial charge is 0.330 e. The van der Waals surface area contributed by atoms with Crippen molar-refractivity contribution in [2.24, 2.45) is 93.4 Å². The molecule has 16 heteroatoms. The first-order valence-corrected chi connectivity index (χ1v) is 44.2. The third kappa shape index (κ3) is 57.8. The molecular weight excluding hydrogens is 1440 g/mol. The lowest BCUT2D eigenvalue weighted by molar-refractivity contribution is 0.462. The fourth-order valence-electron chi connectivity index (χ4n) is 13.0. The average molecular weight is 1600 g/mol. The lowest BCUT2D eigenvalue weighted by atomic mass is 9.92. The minimum atomic E-state index is 0.268. The zero-order valence-corrected chi connectivity index (χ0v) is 76.5. The van der Waals surface area contributed by atoms with Crippen LogP contribution in [-0.4, -0.2) is 87.7 Å². The number of hydrogen-bond donors (Lipinski definition) is 7. The predicted molar refractivity (Wildman–Crippen MR) is 501 cm³/mol. The van der Waals surface area contributed by atoms with Gasteiger partial charge in [0.15, 0.2) is 0 Å². The van der Waals surface area contributed by atoms with Crippen molar-refractivity contribution in [1.29, 1.82) is 0 Å². The highest BCUT2D eigenvalue weighted by Gasteiger charge is 2.16. The van der Waals surface area contributed by atoms with Gasteiger partial charge in [-0.3, -0.25) is 44.9 Å². The van der Waals surface area contributed by atoms with Gasteiger partial charge in [-0.2, -0.15) is 0 Å². The van der Waals surface area contributed by atoms with Gasteiger partial charge in [0.25, 0.3) is 0 Å². The number of aromatic nitrogens is 9. The summed E-state index contributed by atoms with van der Waals surface area (Å²) in [6.45, 7) is 44.8. The molecule has 9 aromatic rings. The maximum Gasteiger partial charge on any atom is 0.0447 e. The van der Waals surface area contributed by atoms with E-state index >= 15 is 0 Å². The van der Waals surface area contributed by atoms with Crippen LogP contribution in [0.2, 0.25) is 0 Å². The van der Waals surface area contributed by atoms with Crippen molar-refractivity contribution in [2.75, 3.05) is 6.54 Å². The fourth-order valence-corrected chi connectivity index (χ4v) is 13.0. The molecule has 117 heavy (non-hydrogen) atoms. The van der Waals surface area contributed by atoms with Gasteiger partial charge in [0.05, 0.1) is 0 Å². The van der Waals surface area contributed by atoms with Crippen LogP contribution in [0.15, 0.2) is 220 Å². The Labute approximate surface area is 713 Å². The van der Waals surface area contributed by atoms with E-state index in [1.54, 1.807) is 24.8 Å². The second kappa shape index (κ2) is 66.9. The molecule has 648 valence electrons. The molecule has 9 heterocycles. The normalized spacial score (nSPS) is 13.2. The van der Waals surface area contributed by atoms with Crippen molar-refractivity contribution in [2.45, 2.75) is 302 Å². The lowest BCUT2D eigenvalue weighted by Crippen LogP contribution is -2.26. The Morgan fingerprint density at radius 1 is 0.265 bits per heavy atom. The van der Waals surface area contributed by atoms with Crippen LogP contribution in [-0.2, 0) is 38.5 Å². The smallest absolute Gasteiger partial charge is 0.0447 e. The summed E-state index contributed by atoms with van der Waals surface area (Å²) in [5.74, 6) is 7.60. The van der Waals surface area contributed by atoms with Crippen molar-refractivity contribution in [3.05, 3.63) is 271 Å². The lowest BCUT2D eigenvalue weighted by Gasteiger charge is -2.16. The van der Waals surface area contributed by atoms with Crippen LogP contribution in [0.3, 0.4) is 0 Å². The minimum absolute atomic E-state index is 0.268. The van der Waals surface area contributed by atoms with Crippen LogP contribution in [0.25, 0.3) is 0 Å². The van der Waals surface area contributed by atoms with Crippen LogP contribution < -0.4 is 40.1 Å². The van der Waals surface area contributed by atoms with Gasteiger partial charge in [0, 0.05) is 170 Å². The molecule has 0 fully saturated rings. The summed E-state index contributed by atoms with van der Waals surface area (Å²) in [6, 6.07) is 46.4. The van der Waals surface area contributed by atoms with E-state index in [0.29, 0.717) is 83.8 Å². The van der Waals surface area contributed by atoms with Gasteiger partial charge < -0.3 is 40.1 Å². The zero-order chi connectivity index (χ0) is 87.1. The molecule has 0 saturated heterocycles. The zero-order valence-electron chi connectivity index (χ0n) is 76.5. The molecule has 0 aliphatic carbocycles. The number of pyridine rings is 9. The first-order valence-electron chi connectivity index (χ1n) is 44.2. The molecule has 14 N–H and O–H groups in total. The van der Waals surface area contributed by atoms with Crippen LogP contribution in [0, 0.1) is 53.3 Å². The highest BCUT2D eigenvalue weighted by atomic mass is 14.7. The Morgan fingerprint density at radius 3 is 0.821 bits per heavy atom. The molecule has 9 aromatic heterocycles. The van der Waals surface area contributed by atoms with E-state index in [2.05, 4.69) is 238 Å². The van der Waals surface area contributed by atoms with Gasteiger partial charge in [-0.25, -0.2) is 0 Å². The maximum absolute atomic E-state index is 5.98. The SMILES string of the molecule is CC(C)C(N)CCc1ccccn1.CC(C)C(N)CCc1cccnc1.CC(C)C(N)CCc1ccncc1.CC(C)CC(N)Cc1cccnc1.CC(C)C[C@@H](N)Cc1cccnc1.CC(C)C[C@H](CN)c1ccccn1.CC(C)C[C@H](N)Cc1cccnc1.CCC(CC(C)C)c1ccccn1.CC[C@H](CC(C)C)c1ccccn1. The summed E-state index contributed by atoms with van der Waals surface area (Å²) in [6.07, 6.45) is 44.1. The summed E-state index contributed by atoms with van der Waals surface area (Å²) >= 11 is 0. The van der Waals surface area contributed by atoms with Crippen molar-refractivity contribution in [1.82, 2.24) is 44.9 Å². The minimum Gasteiger partial charge on any atom is -0.330 e. The van der Waals surface area contributed by atoms with E-state index in [0.717, 1.165) is 107 Å². The van der Waals surface area contributed by atoms with Crippen LogP contribution in [0.5, 0.6) is 0 Å². The molecule has 0 bridgehead atoms. The molecule has 0 aliphatic heterocycles. The molecule has 0 amide bonds. The van der Waals surface area contributed by atoms with Gasteiger partial charge in [-0.1, -0.05) is 187 Å². The number of aryl methyl sites for hydroxylation is 3. The van der Waals surface area contributed by atoms with Gasteiger partial charge in [-0.05, 0) is 275 Å². The Balaban J connectivity index is 0.000000658. The quantitative estimate of drug-likeness (QED) is 0.0192. The summed E-state index contributed by atoms with van der Waals surface area (Å²) in [5.41, 5.74) is 52.5. The number of rotatable bonds is 36. The molecule has 0 saturated carbocycles. The van der Waals surface area contributed by atoms with Crippen LogP contribution in [0.1, 0.15) is 277 Å². The number of hydrogen-bond acceptors (Lipinski definition) is 16. The second-order valence-electron chi connectivity index (χ2n) is 35.0. The Hall–Kier alpha value is -7.93. The highest BCUT2D eigenvalue weighted by molar-refractivity contribution is 5.16. The summed E-state index contributed by atoms with van der Waals surface area (Å²) in [5, 5.41) is 0. The average Bonchev–Trinajstić information content (AvgIpc) is 0.904. The molecule has 0 aliphatic rings. The summed E-state index contributed by atoms with van der Waals surface area (Å²) < 4.78 is 0. The van der Waals surface area contributed by atoms with E-state index in [1.807, 2.05) is 141 Å². The van der Waals surface area contributed by atoms with E-state index in [9.17, 15) is 0 Å². The maximum atomic E-state index is 5.98. The van der Waals surface area contributed by atoms with Crippen molar-refractivity contribution in [3.63, 3.8) is 0 Å². The van der Waals surface area contributed by atoms with Gasteiger partial charge in [0.1, 0.15) is 0 Å².